The zero-order valence-corrected chi connectivity index (χ0v) is 19.6. The van der Waals surface area contributed by atoms with Crippen molar-refractivity contribution in [3.63, 3.8) is 0 Å². The monoisotopic (exact) mass is 447 g/mol. The highest BCUT2D eigenvalue weighted by atomic mass is 16.5. The van der Waals surface area contributed by atoms with Crippen LogP contribution in [0.4, 0.5) is 5.69 Å². The molecular weight excluding hydrogens is 414 g/mol. The highest BCUT2D eigenvalue weighted by molar-refractivity contribution is 5.79. The van der Waals surface area contributed by atoms with Crippen molar-refractivity contribution in [2.24, 2.45) is 0 Å². The van der Waals surface area contributed by atoms with Gasteiger partial charge in [0, 0.05) is 38.4 Å². The molecule has 3 aromatic rings. The van der Waals surface area contributed by atoms with Gasteiger partial charge < -0.3 is 19.1 Å². The number of aromatic nitrogens is 2. The molecule has 0 saturated carbocycles. The van der Waals surface area contributed by atoms with Crippen molar-refractivity contribution in [1.82, 2.24) is 19.4 Å². The molecule has 174 valence electrons. The van der Waals surface area contributed by atoms with Crippen LogP contribution in [0.25, 0.3) is 11.0 Å². The first-order valence-corrected chi connectivity index (χ1v) is 12.0. The molecule has 7 heteroatoms. The van der Waals surface area contributed by atoms with Gasteiger partial charge in [0.2, 0.25) is 5.91 Å². The van der Waals surface area contributed by atoms with Crippen molar-refractivity contribution in [1.29, 1.82) is 0 Å². The largest absolute Gasteiger partial charge is 0.497 e. The van der Waals surface area contributed by atoms with E-state index in [0.29, 0.717) is 6.54 Å². The number of rotatable bonds is 6. The Morgan fingerprint density at radius 2 is 1.79 bits per heavy atom. The van der Waals surface area contributed by atoms with Crippen molar-refractivity contribution in [2.75, 3.05) is 51.3 Å². The predicted octanol–water partition coefficient (Wildman–Crippen LogP) is 3.55. The number of imidazole rings is 1. The number of benzene rings is 2. The Hall–Kier alpha value is -3.06. The van der Waals surface area contributed by atoms with E-state index in [4.69, 9.17) is 9.72 Å². The zero-order valence-electron chi connectivity index (χ0n) is 19.6. The van der Waals surface area contributed by atoms with Gasteiger partial charge in [-0.15, -0.1) is 0 Å². The van der Waals surface area contributed by atoms with Crippen LogP contribution in [0.2, 0.25) is 0 Å². The summed E-state index contributed by atoms with van der Waals surface area (Å²) in [4.78, 5) is 24.9. The van der Waals surface area contributed by atoms with Gasteiger partial charge in [-0.1, -0.05) is 12.1 Å². The summed E-state index contributed by atoms with van der Waals surface area (Å²) in [6, 6.07) is 16.7. The summed E-state index contributed by atoms with van der Waals surface area (Å²) in [5, 5.41) is 0. The lowest BCUT2D eigenvalue weighted by atomic mass is 10.2. The number of hydrogen-bond donors (Lipinski definition) is 0. The smallest absolute Gasteiger partial charge is 0.236 e. The van der Waals surface area contributed by atoms with Crippen LogP contribution in [-0.4, -0.2) is 71.6 Å². The van der Waals surface area contributed by atoms with Crippen molar-refractivity contribution in [3.8, 4) is 5.75 Å². The van der Waals surface area contributed by atoms with Crippen molar-refractivity contribution < 1.29 is 9.53 Å². The molecule has 0 unspecified atom stereocenters. The summed E-state index contributed by atoms with van der Waals surface area (Å²) >= 11 is 0. The Kier molecular flexibility index (Phi) is 6.22. The maximum absolute atomic E-state index is 13.2. The summed E-state index contributed by atoms with van der Waals surface area (Å²) in [5.74, 6) is 2.20. The average Bonchev–Trinajstić information content (AvgIpc) is 3.47. The van der Waals surface area contributed by atoms with Crippen LogP contribution < -0.4 is 9.64 Å². The highest BCUT2D eigenvalue weighted by Crippen LogP contribution is 2.33. The molecular formula is C26H33N5O2. The third kappa shape index (κ3) is 4.29. The Bertz CT molecular complexity index is 1100. The third-order valence-corrected chi connectivity index (χ3v) is 7.07. The summed E-state index contributed by atoms with van der Waals surface area (Å²) < 4.78 is 7.57. The fourth-order valence-electron chi connectivity index (χ4n) is 5.27. The number of ether oxygens (including phenoxy) is 1. The molecule has 7 nitrogen and oxygen atoms in total. The van der Waals surface area contributed by atoms with E-state index < -0.39 is 0 Å². The first kappa shape index (κ1) is 21.8. The minimum Gasteiger partial charge on any atom is -0.497 e. The number of hydrogen-bond acceptors (Lipinski definition) is 5. The number of aryl methyl sites for hydroxylation is 1. The summed E-state index contributed by atoms with van der Waals surface area (Å²) in [5.41, 5.74) is 3.41. The first-order valence-electron chi connectivity index (χ1n) is 12.0. The number of carbonyl (C=O) groups excluding carboxylic acids is 1. The molecule has 5 rings (SSSR count). The molecule has 0 radical (unpaired) electrons. The number of methoxy groups -OCH3 is 1. The Morgan fingerprint density at radius 1 is 1.03 bits per heavy atom. The second-order valence-electron chi connectivity index (χ2n) is 8.90. The number of para-hydroxylation sites is 2. The SMILES string of the molecule is CCn1c([C@@H]2CCCN2CC(=O)N2CCN(c3ccc(OC)cc3)CC2)nc2ccccc21. The molecule has 2 aromatic carbocycles. The Morgan fingerprint density at radius 3 is 2.52 bits per heavy atom. The molecule has 2 aliphatic heterocycles. The van der Waals surface area contributed by atoms with E-state index in [-0.39, 0.29) is 11.9 Å². The molecule has 0 bridgehead atoms. The lowest BCUT2D eigenvalue weighted by molar-refractivity contribution is -0.133. The van der Waals surface area contributed by atoms with Gasteiger partial charge in [-0.05, 0) is 62.7 Å². The number of carbonyl (C=O) groups is 1. The van der Waals surface area contributed by atoms with Crippen molar-refractivity contribution in [2.45, 2.75) is 32.4 Å². The summed E-state index contributed by atoms with van der Waals surface area (Å²) in [6.45, 7) is 7.72. The Balaban J connectivity index is 1.23. The van der Waals surface area contributed by atoms with Crippen LogP contribution >= 0.6 is 0 Å². The van der Waals surface area contributed by atoms with E-state index in [2.05, 4.69) is 51.6 Å². The number of likely N-dealkylation sites (tertiary alicyclic amines) is 1. The summed E-state index contributed by atoms with van der Waals surface area (Å²) in [6.07, 6.45) is 2.16. The van der Waals surface area contributed by atoms with Gasteiger partial charge in [-0.2, -0.15) is 0 Å². The second-order valence-corrected chi connectivity index (χ2v) is 8.90. The number of nitrogens with zero attached hydrogens (tertiary/aromatic N) is 5. The molecule has 33 heavy (non-hydrogen) atoms. The molecule has 2 saturated heterocycles. The quantitative estimate of drug-likeness (QED) is 0.579. The Labute approximate surface area is 195 Å². The molecule has 1 amide bonds. The van der Waals surface area contributed by atoms with E-state index in [1.165, 1.54) is 11.2 Å². The van der Waals surface area contributed by atoms with E-state index in [1.807, 2.05) is 23.1 Å². The first-order chi connectivity index (χ1) is 16.2. The van der Waals surface area contributed by atoms with Gasteiger partial charge >= 0.3 is 0 Å². The molecule has 3 heterocycles. The minimum absolute atomic E-state index is 0.210. The predicted molar refractivity (Wildman–Crippen MR) is 131 cm³/mol. The summed E-state index contributed by atoms with van der Waals surface area (Å²) in [7, 11) is 1.68. The normalized spacial score (nSPS) is 19.4. The lowest BCUT2D eigenvalue weighted by Crippen LogP contribution is -2.51. The van der Waals surface area contributed by atoms with Gasteiger partial charge in [-0.3, -0.25) is 9.69 Å². The molecule has 2 fully saturated rings. The second kappa shape index (κ2) is 9.43. The van der Waals surface area contributed by atoms with E-state index in [1.54, 1.807) is 7.11 Å². The van der Waals surface area contributed by atoms with E-state index >= 15 is 0 Å². The van der Waals surface area contributed by atoms with Crippen LogP contribution in [0.5, 0.6) is 5.75 Å². The van der Waals surface area contributed by atoms with Gasteiger partial charge in [-0.25, -0.2) is 4.98 Å². The minimum atomic E-state index is 0.210. The highest BCUT2D eigenvalue weighted by Gasteiger charge is 2.33. The van der Waals surface area contributed by atoms with Crippen LogP contribution in [0.15, 0.2) is 48.5 Å². The van der Waals surface area contributed by atoms with E-state index in [9.17, 15) is 4.79 Å². The van der Waals surface area contributed by atoms with Crippen LogP contribution in [0.1, 0.15) is 31.6 Å². The fraction of sp³-hybridized carbons (Fsp3) is 0.462. The zero-order chi connectivity index (χ0) is 22.8. The molecule has 0 N–H and O–H groups in total. The van der Waals surface area contributed by atoms with E-state index in [0.717, 1.165) is 69.2 Å². The van der Waals surface area contributed by atoms with Gasteiger partial charge in [0.1, 0.15) is 11.6 Å². The molecule has 0 aliphatic carbocycles. The number of amides is 1. The van der Waals surface area contributed by atoms with Gasteiger partial charge in [0.25, 0.3) is 0 Å². The number of anilines is 1. The molecule has 1 aromatic heterocycles. The maximum atomic E-state index is 13.2. The van der Waals surface area contributed by atoms with Crippen molar-refractivity contribution >= 4 is 22.6 Å². The van der Waals surface area contributed by atoms with Crippen molar-refractivity contribution in [3.05, 3.63) is 54.4 Å². The maximum Gasteiger partial charge on any atom is 0.236 e. The topological polar surface area (TPSA) is 53.8 Å². The third-order valence-electron chi connectivity index (χ3n) is 7.07. The lowest BCUT2D eigenvalue weighted by Gasteiger charge is -2.37. The number of fused-ring (bicyclic) bond motifs is 1. The standard InChI is InChI=1S/C26H33N5O2/c1-3-31-23-8-5-4-7-22(23)27-26(31)24-9-6-14-30(24)19-25(32)29-17-15-28(16-18-29)20-10-12-21(33-2)13-11-20/h4-5,7-8,10-13,24H,3,6,9,14-19H2,1-2H3/t24-/m0/s1. The van der Waals surface area contributed by atoms with Gasteiger partial charge in [0.05, 0.1) is 30.7 Å². The molecule has 2 aliphatic rings. The van der Waals surface area contributed by atoms with Crippen LogP contribution in [0, 0.1) is 0 Å². The molecule has 1 atom stereocenters. The van der Waals surface area contributed by atoms with Crippen LogP contribution in [-0.2, 0) is 11.3 Å². The fourth-order valence-corrected chi connectivity index (χ4v) is 5.27. The van der Waals surface area contributed by atoms with Gasteiger partial charge in [0.15, 0.2) is 0 Å². The van der Waals surface area contributed by atoms with Crippen LogP contribution in [0.3, 0.4) is 0 Å². The average molecular weight is 448 g/mol. The number of piperazine rings is 1. The molecule has 0 spiro atoms.